The van der Waals surface area contributed by atoms with Gasteiger partial charge in [-0.05, 0) is 35.9 Å². The zero-order chi connectivity index (χ0) is 22.1. The number of nitrogens with zero attached hydrogens (tertiary/aromatic N) is 1. The molecule has 0 aliphatic heterocycles. The predicted octanol–water partition coefficient (Wildman–Crippen LogP) is 5.46. The van der Waals surface area contributed by atoms with E-state index in [9.17, 15) is 10.1 Å². The van der Waals surface area contributed by atoms with Crippen molar-refractivity contribution < 1.29 is 14.4 Å². The Morgan fingerprint density at radius 1 is 1.00 bits per heavy atom. The van der Waals surface area contributed by atoms with Gasteiger partial charge in [0.25, 0.3) is 5.69 Å². The van der Waals surface area contributed by atoms with Crippen LogP contribution in [0.4, 0.5) is 11.4 Å². The van der Waals surface area contributed by atoms with Gasteiger partial charge in [-0.2, -0.15) is 0 Å². The summed E-state index contributed by atoms with van der Waals surface area (Å²) in [6, 6.07) is 19.8. The molecule has 2 N–H and O–H groups in total. The van der Waals surface area contributed by atoms with E-state index in [1.54, 1.807) is 19.2 Å². The molecule has 7 nitrogen and oxygen atoms in total. The van der Waals surface area contributed by atoms with Crippen LogP contribution >= 0.6 is 24.0 Å². The summed E-state index contributed by atoms with van der Waals surface area (Å²) in [5, 5.41) is 17.9. The average Bonchev–Trinajstić information content (AvgIpc) is 2.79. The van der Waals surface area contributed by atoms with E-state index < -0.39 is 4.92 Å². The highest BCUT2D eigenvalue weighted by molar-refractivity contribution is 6.31. The molecule has 0 fully saturated rings. The van der Waals surface area contributed by atoms with Gasteiger partial charge in [0.1, 0.15) is 6.61 Å². The van der Waals surface area contributed by atoms with Gasteiger partial charge >= 0.3 is 0 Å². The second-order valence-electron chi connectivity index (χ2n) is 6.77. The van der Waals surface area contributed by atoms with Crippen molar-refractivity contribution in [1.29, 1.82) is 0 Å². The largest absolute Gasteiger partial charge is 0.493 e. The summed E-state index contributed by atoms with van der Waals surface area (Å²) >= 11 is 6.18. The third kappa shape index (κ3) is 7.30. The van der Waals surface area contributed by atoms with Crippen LogP contribution in [0.1, 0.15) is 11.1 Å². The van der Waals surface area contributed by atoms with E-state index in [2.05, 4.69) is 10.6 Å². The Kier molecular flexibility index (Phi) is 10.1. The zero-order valence-corrected chi connectivity index (χ0v) is 19.1. The number of nitro groups is 1. The Hall–Kier alpha value is -3.00. The minimum Gasteiger partial charge on any atom is -0.493 e. The second kappa shape index (κ2) is 12.8. The standard InChI is InChI=1S/C23H24ClN3O4.ClH/c1-30-23-14-17(6-11-22(23)31-16-18-4-2-3-5-21(18)24)15-25-12-13-26-19-7-9-20(10-8-19)27(28)29;/h2-11,14,25-26H,12-13,15-16H2,1H3;1H. The molecular weight excluding hydrogens is 453 g/mol. The molecule has 3 rings (SSSR count). The van der Waals surface area contributed by atoms with Crippen molar-refractivity contribution in [3.63, 3.8) is 0 Å². The van der Waals surface area contributed by atoms with Crippen molar-refractivity contribution in [2.45, 2.75) is 13.2 Å². The highest BCUT2D eigenvalue weighted by Crippen LogP contribution is 2.29. The van der Waals surface area contributed by atoms with E-state index in [0.29, 0.717) is 36.2 Å². The lowest BCUT2D eigenvalue weighted by molar-refractivity contribution is -0.384. The van der Waals surface area contributed by atoms with Gasteiger partial charge < -0.3 is 20.1 Å². The van der Waals surface area contributed by atoms with Gasteiger partial charge in [-0.25, -0.2) is 0 Å². The SMILES string of the molecule is COc1cc(CNCCNc2ccc([N+](=O)[O-])cc2)ccc1OCc1ccccc1Cl.Cl. The molecule has 0 atom stereocenters. The fourth-order valence-electron chi connectivity index (χ4n) is 2.94. The zero-order valence-electron chi connectivity index (χ0n) is 17.5. The van der Waals surface area contributed by atoms with Gasteiger partial charge in [-0.1, -0.05) is 35.9 Å². The van der Waals surface area contributed by atoms with Crippen LogP contribution in [0.3, 0.4) is 0 Å². The fourth-order valence-corrected chi connectivity index (χ4v) is 3.13. The van der Waals surface area contributed by atoms with E-state index >= 15 is 0 Å². The van der Waals surface area contributed by atoms with Crippen LogP contribution in [0, 0.1) is 10.1 Å². The number of rotatable bonds is 11. The number of hydrogen-bond donors (Lipinski definition) is 2. The van der Waals surface area contributed by atoms with Crippen molar-refractivity contribution in [3.05, 3.63) is 93.0 Å². The third-order valence-corrected chi connectivity index (χ3v) is 4.98. The first-order valence-corrected chi connectivity index (χ1v) is 10.2. The first-order valence-electron chi connectivity index (χ1n) is 9.79. The quantitative estimate of drug-likeness (QED) is 0.216. The van der Waals surface area contributed by atoms with E-state index in [1.165, 1.54) is 12.1 Å². The average molecular weight is 478 g/mol. The molecule has 9 heteroatoms. The summed E-state index contributed by atoms with van der Waals surface area (Å²) in [4.78, 5) is 10.3. The first kappa shape index (κ1) is 25.3. The van der Waals surface area contributed by atoms with Crippen LogP contribution in [-0.4, -0.2) is 25.1 Å². The monoisotopic (exact) mass is 477 g/mol. The molecule has 32 heavy (non-hydrogen) atoms. The fraction of sp³-hybridized carbons (Fsp3) is 0.217. The molecule has 170 valence electrons. The number of non-ortho nitro benzene ring substituents is 1. The van der Waals surface area contributed by atoms with Crippen molar-refractivity contribution in [1.82, 2.24) is 5.32 Å². The summed E-state index contributed by atoms with van der Waals surface area (Å²) < 4.78 is 11.4. The molecule has 0 heterocycles. The van der Waals surface area contributed by atoms with Crippen LogP contribution in [-0.2, 0) is 13.2 Å². The summed E-state index contributed by atoms with van der Waals surface area (Å²) in [5.74, 6) is 1.32. The van der Waals surface area contributed by atoms with E-state index in [1.807, 2.05) is 42.5 Å². The molecule has 0 radical (unpaired) electrons. The summed E-state index contributed by atoms with van der Waals surface area (Å²) in [6.45, 7) is 2.45. The van der Waals surface area contributed by atoms with Crippen LogP contribution in [0.5, 0.6) is 11.5 Å². The molecule has 0 spiro atoms. The Morgan fingerprint density at radius 2 is 1.75 bits per heavy atom. The van der Waals surface area contributed by atoms with Gasteiger partial charge in [0.05, 0.1) is 12.0 Å². The molecule has 0 bridgehead atoms. The van der Waals surface area contributed by atoms with Crippen LogP contribution < -0.4 is 20.1 Å². The van der Waals surface area contributed by atoms with Crippen molar-refractivity contribution in [3.8, 4) is 11.5 Å². The first-order chi connectivity index (χ1) is 15.1. The van der Waals surface area contributed by atoms with E-state index in [4.69, 9.17) is 21.1 Å². The number of nitro benzene ring substituents is 1. The lowest BCUT2D eigenvalue weighted by Crippen LogP contribution is -2.21. The maximum absolute atomic E-state index is 10.7. The maximum Gasteiger partial charge on any atom is 0.269 e. The summed E-state index contributed by atoms with van der Waals surface area (Å²) in [5.41, 5.74) is 2.90. The highest BCUT2D eigenvalue weighted by atomic mass is 35.5. The van der Waals surface area contributed by atoms with E-state index in [-0.39, 0.29) is 18.1 Å². The van der Waals surface area contributed by atoms with Gasteiger partial charge in [0.15, 0.2) is 11.5 Å². The van der Waals surface area contributed by atoms with Gasteiger partial charge in [-0.3, -0.25) is 10.1 Å². The lowest BCUT2D eigenvalue weighted by Gasteiger charge is -2.13. The second-order valence-corrected chi connectivity index (χ2v) is 7.18. The molecule has 0 saturated heterocycles. The van der Waals surface area contributed by atoms with Gasteiger partial charge in [0, 0.05) is 48.0 Å². The number of hydrogen-bond acceptors (Lipinski definition) is 6. The minimum absolute atomic E-state index is 0. The molecular formula is C23H25Cl2N3O4. The third-order valence-electron chi connectivity index (χ3n) is 4.61. The molecule has 0 aromatic heterocycles. The number of methoxy groups -OCH3 is 1. The number of anilines is 1. The van der Waals surface area contributed by atoms with Gasteiger partial charge in [-0.15, -0.1) is 12.4 Å². The molecule has 0 aliphatic carbocycles. The number of ether oxygens (including phenoxy) is 2. The predicted molar refractivity (Wildman–Crippen MR) is 129 cm³/mol. The summed E-state index contributed by atoms with van der Waals surface area (Å²) in [6.07, 6.45) is 0. The van der Waals surface area contributed by atoms with Gasteiger partial charge in [0.2, 0.25) is 0 Å². The number of halogens is 2. The number of benzene rings is 3. The van der Waals surface area contributed by atoms with Crippen LogP contribution in [0.2, 0.25) is 5.02 Å². The Balaban J connectivity index is 0.00000363. The highest BCUT2D eigenvalue weighted by Gasteiger charge is 2.08. The molecule has 0 amide bonds. The molecule has 0 saturated carbocycles. The molecule has 3 aromatic rings. The Morgan fingerprint density at radius 3 is 2.44 bits per heavy atom. The van der Waals surface area contributed by atoms with Crippen molar-refractivity contribution in [2.24, 2.45) is 0 Å². The Bertz CT molecular complexity index is 1020. The van der Waals surface area contributed by atoms with Crippen LogP contribution in [0.25, 0.3) is 0 Å². The van der Waals surface area contributed by atoms with E-state index in [0.717, 1.165) is 23.4 Å². The smallest absolute Gasteiger partial charge is 0.269 e. The van der Waals surface area contributed by atoms with Crippen molar-refractivity contribution in [2.75, 3.05) is 25.5 Å². The lowest BCUT2D eigenvalue weighted by atomic mass is 10.2. The number of nitrogens with one attached hydrogen (secondary N) is 2. The summed E-state index contributed by atoms with van der Waals surface area (Å²) in [7, 11) is 1.61. The van der Waals surface area contributed by atoms with Crippen molar-refractivity contribution >= 4 is 35.4 Å². The van der Waals surface area contributed by atoms with Crippen LogP contribution in [0.15, 0.2) is 66.7 Å². The topological polar surface area (TPSA) is 85.7 Å². The Labute approximate surface area is 198 Å². The molecule has 0 unspecified atom stereocenters. The minimum atomic E-state index is -0.410. The molecule has 3 aromatic carbocycles. The maximum atomic E-state index is 10.7. The molecule has 0 aliphatic rings. The normalized spacial score (nSPS) is 10.2.